The lowest BCUT2D eigenvalue weighted by atomic mass is 10.0. The predicted molar refractivity (Wildman–Crippen MR) is 149 cm³/mol. The Balaban J connectivity index is 0.00000336. The summed E-state index contributed by atoms with van der Waals surface area (Å²) < 4.78 is 28.1. The Morgan fingerprint density at radius 3 is 2.32 bits per heavy atom. The predicted octanol–water partition coefficient (Wildman–Crippen LogP) is 3.98. The molecule has 0 radical (unpaired) electrons. The second kappa shape index (κ2) is 11.1. The molecule has 1 aliphatic heterocycles. The molecule has 0 bridgehead atoms. The quantitative estimate of drug-likeness (QED) is 0.390. The van der Waals surface area contributed by atoms with E-state index in [-0.39, 0.29) is 42.8 Å². The van der Waals surface area contributed by atoms with Crippen molar-refractivity contribution >= 4 is 56.6 Å². The first kappa shape index (κ1) is 27.5. The summed E-state index contributed by atoms with van der Waals surface area (Å²) in [6.07, 6.45) is 3.41. The summed E-state index contributed by atoms with van der Waals surface area (Å²) in [5.74, 6) is -1.16. The second-order valence-corrected chi connectivity index (χ2v) is 11.1. The van der Waals surface area contributed by atoms with Crippen LogP contribution in [0, 0.1) is 0 Å². The molecule has 11 heteroatoms. The van der Waals surface area contributed by atoms with Crippen LogP contribution in [0.5, 0.6) is 0 Å². The molecular weight excluding hydrogens is 547 g/mol. The van der Waals surface area contributed by atoms with E-state index in [1.165, 1.54) is 15.3 Å². The van der Waals surface area contributed by atoms with Crippen LogP contribution in [0.15, 0.2) is 90.1 Å². The van der Waals surface area contributed by atoms with E-state index in [1.807, 2.05) is 12.1 Å². The Bertz CT molecular complexity index is 1600. The Kier molecular flexibility index (Phi) is 8.03. The molecule has 5 rings (SSSR count). The summed E-state index contributed by atoms with van der Waals surface area (Å²) in [6.45, 7) is -0.167. The minimum atomic E-state index is -3.93. The van der Waals surface area contributed by atoms with Crippen molar-refractivity contribution in [3.63, 3.8) is 0 Å². The monoisotopic (exact) mass is 570 g/mol. The van der Waals surface area contributed by atoms with Crippen molar-refractivity contribution in [1.29, 1.82) is 0 Å². The molecule has 1 aliphatic rings. The highest BCUT2D eigenvalue weighted by Gasteiger charge is 2.39. The summed E-state index contributed by atoms with van der Waals surface area (Å²) in [5, 5.41) is 2.09. The lowest BCUT2D eigenvalue weighted by molar-refractivity contribution is -0.123. The van der Waals surface area contributed by atoms with Gasteiger partial charge in [0.2, 0.25) is 15.9 Å². The molecule has 0 aliphatic carbocycles. The van der Waals surface area contributed by atoms with Crippen molar-refractivity contribution in [2.75, 3.05) is 19.6 Å². The van der Waals surface area contributed by atoms with Crippen LogP contribution in [-0.4, -0.2) is 60.1 Å². The Morgan fingerprint density at radius 1 is 0.921 bits per heavy atom. The van der Waals surface area contributed by atoms with Gasteiger partial charge in [-0.15, -0.1) is 12.4 Å². The first-order valence-electron chi connectivity index (χ1n) is 11.5. The lowest BCUT2D eigenvalue weighted by Gasteiger charge is -2.39. The largest absolute Gasteiger partial charge is 0.368 e. The van der Waals surface area contributed by atoms with E-state index in [0.717, 1.165) is 21.9 Å². The van der Waals surface area contributed by atoms with Gasteiger partial charge in [0.25, 0.3) is 5.91 Å². The maximum absolute atomic E-state index is 13.4. The molecule has 2 heterocycles. The van der Waals surface area contributed by atoms with Crippen LogP contribution < -0.4 is 5.73 Å². The summed E-state index contributed by atoms with van der Waals surface area (Å²) in [4.78, 5) is 31.2. The molecule has 3 aromatic carbocycles. The third kappa shape index (κ3) is 5.37. The van der Waals surface area contributed by atoms with Crippen LogP contribution >= 0.6 is 24.0 Å². The molecule has 38 heavy (non-hydrogen) atoms. The maximum Gasteiger partial charge on any atom is 0.254 e. The molecule has 1 aromatic heterocycles. The van der Waals surface area contributed by atoms with Gasteiger partial charge < -0.3 is 10.6 Å². The van der Waals surface area contributed by atoms with Gasteiger partial charge in [0.15, 0.2) is 0 Å². The number of pyridine rings is 1. The van der Waals surface area contributed by atoms with Crippen molar-refractivity contribution in [3.8, 4) is 11.1 Å². The lowest BCUT2D eigenvalue weighted by Crippen LogP contribution is -2.60. The number of benzene rings is 3. The smallest absolute Gasteiger partial charge is 0.254 e. The average Bonchev–Trinajstić information content (AvgIpc) is 2.92. The molecular formula is C27H24Cl2N4O4S. The van der Waals surface area contributed by atoms with Gasteiger partial charge in [-0.2, -0.15) is 4.31 Å². The number of carbonyl (C=O) groups is 2. The van der Waals surface area contributed by atoms with Gasteiger partial charge in [0.05, 0.1) is 4.90 Å². The number of carbonyl (C=O) groups excluding carboxylic acids is 2. The van der Waals surface area contributed by atoms with E-state index in [4.69, 9.17) is 17.3 Å². The number of primary amides is 1. The van der Waals surface area contributed by atoms with Gasteiger partial charge >= 0.3 is 0 Å². The first-order chi connectivity index (χ1) is 17.7. The molecule has 1 saturated heterocycles. The van der Waals surface area contributed by atoms with E-state index >= 15 is 0 Å². The van der Waals surface area contributed by atoms with Crippen molar-refractivity contribution in [3.05, 3.63) is 95.8 Å². The number of amides is 2. The Labute approximate surface area is 231 Å². The summed E-state index contributed by atoms with van der Waals surface area (Å²) in [5.41, 5.74) is 7.81. The number of sulfonamides is 1. The molecule has 1 fully saturated rings. The summed E-state index contributed by atoms with van der Waals surface area (Å²) in [6, 6.07) is 19.6. The average molecular weight is 571 g/mol. The van der Waals surface area contributed by atoms with E-state index in [2.05, 4.69) is 4.98 Å². The Morgan fingerprint density at radius 2 is 1.63 bits per heavy atom. The number of fused-ring (bicyclic) bond motifs is 1. The number of nitrogens with zero attached hydrogens (tertiary/aromatic N) is 3. The van der Waals surface area contributed by atoms with Gasteiger partial charge in [-0.05, 0) is 64.4 Å². The van der Waals surface area contributed by atoms with Gasteiger partial charge in [-0.25, -0.2) is 8.42 Å². The van der Waals surface area contributed by atoms with Gasteiger partial charge in [0, 0.05) is 42.6 Å². The zero-order valence-corrected chi connectivity index (χ0v) is 22.4. The van der Waals surface area contributed by atoms with E-state index < -0.39 is 22.0 Å². The highest BCUT2D eigenvalue weighted by Crippen LogP contribution is 2.27. The van der Waals surface area contributed by atoms with E-state index in [9.17, 15) is 18.0 Å². The van der Waals surface area contributed by atoms with Gasteiger partial charge in [-0.3, -0.25) is 14.6 Å². The van der Waals surface area contributed by atoms with Crippen LogP contribution in [0.25, 0.3) is 21.9 Å². The molecule has 1 unspecified atom stereocenters. The minimum absolute atomic E-state index is 0. The number of aromatic nitrogens is 1. The number of nitrogens with two attached hydrogens (primary N) is 1. The fourth-order valence-electron chi connectivity index (χ4n) is 4.47. The fraction of sp³-hybridized carbons (Fsp3) is 0.148. The van der Waals surface area contributed by atoms with Crippen molar-refractivity contribution in [2.24, 2.45) is 5.73 Å². The van der Waals surface area contributed by atoms with Crippen molar-refractivity contribution in [1.82, 2.24) is 14.2 Å². The van der Waals surface area contributed by atoms with Crippen LogP contribution in [0.4, 0.5) is 0 Å². The van der Waals surface area contributed by atoms with Crippen LogP contribution in [0.3, 0.4) is 0 Å². The molecule has 0 saturated carbocycles. The second-order valence-electron chi connectivity index (χ2n) is 8.75. The molecule has 2 N–H and O–H groups in total. The summed E-state index contributed by atoms with van der Waals surface area (Å²) in [7, 11) is -3.93. The van der Waals surface area contributed by atoms with Gasteiger partial charge in [0.1, 0.15) is 6.04 Å². The minimum Gasteiger partial charge on any atom is -0.368 e. The maximum atomic E-state index is 13.4. The first-order valence-corrected chi connectivity index (χ1v) is 13.4. The van der Waals surface area contributed by atoms with Crippen molar-refractivity contribution < 1.29 is 18.0 Å². The highest BCUT2D eigenvalue weighted by atomic mass is 35.5. The SMILES string of the molecule is Cl.NC(=O)C1CN(S(=O)(=O)c2ccc3cc(Cl)ccc3c2)CCN1C(=O)c1ccc(-c2cccnc2)cc1. The third-order valence-corrected chi connectivity index (χ3v) is 8.57. The Hall–Kier alpha value is -3.50. The highest BCUT2D eigenvalue weighted by molar-refractivity contribution is 7.89. The van der Waals surface area contributed by atoms with Crippen LogP contribution in [-0.2, 0) is 14.8 Å². The zero-order valence-electron chi connectivity index (χ0n) is 20.0. The number of piperazine rings is 1. The molecule has 196 valence electrons. The number of hydrogen-bond donors (Lipinski definition) is 1. The molecule has 8 nitrogen and oxygen atoms in total. The van der Waals surface area contributed by atoms with E-state index in [0.29, 0.717) is 10.6 Å². The van der Waals surface area contributed by atoms with Gasteiger partial charge in [-0.1, -0.05) is 41.9 Å². The molecule has 2 amide bonds. The van der Waals surface area contributed by atoms with Crippen LogP contribution in [0.2, 0.25) is 5.02 Å². The third-order valence-electron chi connectivity index (χ3n) is 6.47. The summed E-state index contributed by atoms with van der Waals surface area (Å²) >= 11 is 6.03. The topological polar surface area (TPSA) is 114 Å². The number of hydrogen-bond acceptors (Lipinski definition) is 5. The fourth-order valence-corrected chi connectivity index (χ4v) is 6.13. The standard InChI is InChI=1S/C27H23ClN4O4S.ClH/c28-23-9-7-21-15-24(10-8-20(21)14-23)37(35,36)31-12-13-32(25(17-31)26(29)33)27(34)19-5-3-18(4-6-19)22-2-1-11-30-16-22;/h1-11,14-16,25H,12-13,17H2,(H2,29,33);1H. The zero-order chi connectivity index (χ0) is 26.2. The molecule has 0 spiro atoms. The molecule has 1 atom stereocenters. The van der Waals surface area contributed by atoms with Crippen molar-refractivity contribution in [2.45, 2.75) is 10.9 Å². The number of halogens is 2. The van der Waals surface area contributed by atoms with Crippen LogP contribution in [0.1, 0.15) is 10.4 Å². The number of rotatable bonds is 5. The molecule has 4 aromatic rings. The normalized spacial score (nSPS) is 16.1. The van der Waals surface area contributed by atoms with E-state index in [1.54, 1.807) is 67.0 Å².